The van der Waals surface area contributed by atoms with Gasteiger partial charge in [0.1, 0.15) is 5.82 Å². The van der Waals surface area contributed by atoms with Crippen LogP contribution < -0.4 is 5.32 Å². The maximum absolute atomic E-state index is 13.1. The van der Waals surface area contributed by atoms with Crippen molar-refractivity contribution in [3.63, 3.8) is 0 Å². The van der Waals surface area contributed by atoms with Gasteiger partial charge in [0.15, 0.2) is 0 Å². The molecule has 0 fully saturated rings. The van der Waals surface area contributed by atoms with E-state index in [1.165, 1.54) is 6.07 Å². The normalized spacial score (nSPS) is 13.7. The zero-order chi connectivity index (χ0) is 13.8. The van der Waals surface area contributed by atoms with Crippen LogP contribution in [0, 0.1) is 11.2 Å². The van der Waals surface area contributed by atoms with Crippen LogP contribution in [0.3, 0.4) is 0 Å². The third-order valence-electron chi connectivity index (χ3n) is 3.12. The fraction of sp³-hybridized carbons (Fsp3) is 0.571. The Morgan fingerprint density at radius 3 is 2.67 bits per heavy atom. The minimum atomic E-state index is -0.244. The lowest BCUT2D eigenvalue weighted by Gasteiger charge is -2.26. The minimum absolute atomic E-state index is 0.0558. The molecule has 0 aliphatic heterocycles. The molecule has 1 aromatic carbocycles. The second-order valence-corrected chi connectivity index (χ2v) is 6.27. The van der Waals surface area contributed by atoms with E-state index in [2.05, 4.69) is 42.0 Å². The Morgan fingerprint density at radius 2 is 2.11 bits per heavy atom. The summed E-state index contributed by atoms with van der Waals surface area (Å²) in [7, 11) is 0. The minimum Gasteiger partial charge on any atom is -0.396 e. The molecule has 1 aromatic rings. The molecule has 0 bridgehead atoms. The molecule has 0 aromatic heterocycles. The number of aliphatic hydroxyl groups excluding tert-OH is 1. The highest BCUT2D eigenvalue weighted by Crippen LogP contribution is 2.23. The smallest absolute Gasteiger partial charge is 0.137 e. The van der Waals surface area contributed by atoms with Crippen molar-refractivity contribution in [2.24, 2.45) is 5.41 Å². The molecular weight excluding hydrogens is 297 g/mol. The lowest BCUT2D eigenvalue weighted by Crippen LogP contribution is -2.32. The number of hydrogen-bond acceptors (Lipinski definition) is 2. The third-order valence-corrected chi connectivity index (χ3v) is 3.73. The average molecular weight is 318 g/mol. The van der Waals surface area contributed by atoms with Crippen LogP contribution in [0.2, 0.25) is 0 Å². The summed E-state index contributed by atoms with van der Waals surface area (Å²) in [6.07, 6.45) is 0.764. The van der Waals surface area contributed by atoms with Crippen molar-refractivity contribution in [3.05, 3.63) is 34.1 Å². The Morgan fingerprint density at radius 1 is 1.44 bits per heavy atom. The number of aliphatic hydroxyl groups is 1. The number of nitrogens with one attached hydrogen (secondary N) is 1. The number of hydrogen-bond donors (Lipinski definition) is 2. The van der Waals surface area contributed by atoms with Gasteiger partial charge >= 0.3 is 0 Å². The summed E-state index contributed by atoms with van der Waals surface area (Å²) >= 11 is 3.19. The van der Waals surface area contributed by atoms with Gasteiger partial charge in [-0.25, -0.2) is 4.39 Å². The summed E-state index contributed by atoms with van der Waals surface area (Å²) in [5, 5.41) is 12.4. The van der Waals surface area contributed by atoms with Crippen molar-refractivity contribution in [2.75, 3.05) is 13.2 Å². The molecule has 0 saturated heterocycles. The van der Waals surface area contributed by atoms with Gasteiger partial charge in [0.25, 0.3) is 0 Å². The van der Waals surface area contributed by atoms with E-state index in [0.29, 0.717) is 4.47 Å². The highest BCUT2D eigenvalue weighted by atomic mass is 79.9. The van der Waals surface area contributed by atoms with E-state index in [-0.39, 0.29) is 23.9 Å². The maximum atomic E-state index is 13.1. The van der Waals surface area contributed by atoms with E-state index in [0.717, 1.165) is 18.5 Å². The molecular formula is C14H21BrFNO. The predicted molar refractivity (Wildman–Crippen MR) is 76.0 cm³/mol. The Hall–Kier alpha value is -0.450. The van der Waals surface area contributed by atoms with Gasteiger partial charge in [-0.05, 0) is 52.4 Å². The van der Waals surface area contributed by atoms with E-state index >= 15 is 0 Å². The van der Waals surface area contributed by atoms with Crippen LogP contribution in [0.4, 0.5) is 4.39 Å². The summed E-state index contributed by atoms with van der Waals surface area (Å²) in [6.45, 7) is 7.29. The molecule has 2 N–H and O–H groups in total. The van der Waals surface area contributed by atoms with E-state index in [9.17, 15) is 4.39 Å². The second kappa shape index (κ2) is 6.64. The van der Waals surface area contributed by atoms with E-state index in [1.54, 1.807) is 12.1 Å². The number of rotatable bonds is 6. The Bertz CT molecular complexity index is 395. The van der Waals surface area contributed by atoms with Crippen molar-refractivity contribution in [3.8, 4) is 0 Å². The molecule has 1 rings (SSSR count). The Kier molecular flexibility index (Phi) is 5.76. The lowest BCUT2D eigenvalue weighted by atomic mass is 9.89. The first-order valence-corrected chi connectivity index (χ1v) is 6.94. The molecule has 0 aliphatic carbocycles. The molecule has 2 nitrogen and oxygen atoms in total. The molecule has 0 aliphatic rings. The molecule has 102 valence electrons. The first-order chi connectivity index (χ1) is 8.35. The highest BCUT2D eigenvalue weighted by molar-refractivity contribution is 9.10. The van der Waals surface area contributed by atoms with Crippen molar-refractivity contribution < 1.29 is 9.50 Å². The van der Waals surface area contributed by atoms with Crippen LogP contribution in [0.1, 0.15) is 38.8 Å². The Labute approximate surface area is 117 Å². The quantitative estimate of drug-likeness (QED) is 0.839. The first-order valence-electron chi connectivity index (χ1n) is 6.15. The van der Waals surface area contributed by atoms with Gasteiger partial charge in [0.2, 0.25) is 0 Å². The maximum Gasteiger partial charge on any atom is 0.137 e. The van der Waals surface area contributed by atoms with Gasteiger partial charge in [-0.15, -0.1) is 0 Å². The second-order valence-electron chi connectivity index (χ2n) is 5.41. The molecule has 0 spiro atoms. The fourth-order valence-electron chi connectivity index (χ4n) is 1.72. The fourth-order valence-corrected chi connectivity index (χ4v) is 2.12. The van der Waals surface area contributed by atoms with Crippen LogP contribution >= 0.6 is 15.9 Å². The zero-order valence-corrected chi connectivity index (χ0v) is 12.7. The summed E-state index contributed by atoms with van der Waals surface area (Å²) in [6, 6.07) is 5.21. The van der Waals surface area contributed by atoms with E-state index in [1.807, 2.05) is 0 Å². The Balaban J connectivity index is 2.60. The topological polar surface area (TPSA) is 32.3 Å². The van der Waals surface area contributed by atoms with Gasteiger partial charge in [-0.1, -0.05) is 19.9 Å². The molecule has 1 unspecified atom stereocenters. The SMILES string of the molecule is CC(NCC(C)(C)CCO)c1ccc(F)c(Br)c1. The molecule has 0 amide bonds. The number of halogens is 2. The first kappa shape index (κ1) is 15.6. The van der Waals surface area contributed by atoms with Crippen molar-refractivity contribution in [2.45, 2.75) is 33.2 Å². The highest BCUT2D eigenvalue weighted by Gasteiger charge is 2.18. The van der Waals surface area contributed by atoms with Gasteiger partial charge in [-0.2, -0.15) is 0 Å². The monoisotopic (exact) mass is 317 g/mol. The summed E-state index contributed by atoms with van der Waals surface area (Å²) in [5.74, 6) is -0.244. The molecule has 0 heterocycles. The van der Waals surface area contributed by atoms with Gasteiger partial charge in [-0.3, -0.25) is 0 Å². The van der Waals surface area contributed by atoms with Gasteiger partial charge in [0, 0.05) is 19.2 Å². The predicted octanol–water partition coefficient (Wildman–Crippen LogP) is 3.65. The standard InChI is InChI=1S/C14H21BrFNO/c1-10(17-9-14(2,3)6-7-18)11-4-5-13(16)12(15)8-11/h4-5,8,10,17-18H,6-7,9H2,1-3H3. The molecule has 18 heavy (non-hydrogen) atoms. The summed E-state index contributed by atoms with van der Waals surface area (Å²) in [5.41, 5.74) is 1.10. The third kappa shape index (κ3) is 4.67. The van der Waals surface area contributed by atoms with Gasteiger partial charge < -0.3 is 10.4 Å². The van der Waals surface area contributed by atoms with Gasteiger partial charge in [0.05, 0.1) is 4.47 Å². The lowest BCUT2D eigenvalue weighted by molar-refractivity contribution is 0.203. The molecule has 0 saturated carbocycles. The van der Waals surface area contributed by atoms with Crippen LogP contribution in [0.25, 0.3) is 0 Å². The van der Waals surface area contributed by atoms with E-state index < -0.39 is 0 Å². The van der Waals surface area contributed by atoms with Crippen LogP contribution in [-0.4, -0.2) is 18.3 Å². The van der Waals surface area contributed by atoms with Crippen LogP contribution in [0.5, 0.6) is 0 Å². The summed E-state index contributed by atoms with van der Waals surface area (Å²) < 4.78 is 13.6. The van der Waals surface area contributed by atoms with Crippen molar-refractivity contribution in [1.29, 1.82) is 0 Å². The molecule has 1 atom stereocenters. The van der Waals surface area contributed by atoms with E-state index in [4.69, 9.17) is 5.11 Å². The molecule has 0 radical (unpaired) electrons. The summed E-state index contributed by atoms with van der Waals surface area (Å²) in [4.78, 5) is 0. The number of benzene rings is 1. The zero-order valence-electron chi connectivity index (χ0n) is 11.1. The van der Waals surface area contributed by atoms with Crippen LogP contribution in [-0.2, 0) is 0 Å². The van der Waals surface area contributed by atoms with Crippen LogP contribution in [0.15, 0.2) is 22.7 Å². The molecule has 4 heteroatoms. The van der Waals surface area contributed by atoms with Crippen molar-refractivity contribution >= 4 is 15.9 Å². The average Bonchev–Trinajstić information content (AvgIpc) is 2.30. The van der Waals surface area contributed by atoms with Crippen molar-refractivity contribution in [1.82, 2.24) is 5.32 Å². The largest absolute Gasteiger partial charge is 0.396 e.